The molecule has 2 heterocycles. The third-order valence-electron chi connectivity index (χ3n) is 4.01. The molecule has 0 unspecified atom stereocenters. The van der Waals surface area contributed by atoms with Crippen LogP contribution in [0.1, 0.15) is 5.56 Å². The average molecular weight is 400 g/mol. The van der Waals surface area contributed by atoms with Gasteiger partial charge in [-0.2, -0.15) is 0 Å². The Balaban J connectivity index is 0.000000197. The van der Waals surface area contributed by atoms with Gasteiger partial charge in [0.25, 0.3) is 0 Å². The lowest BCUT2D eigenvalue weighted by Gasteiger charge is -2.05. The second kappa shape index (κ2) is 7.85. The first-order chi connectivity index (χ1) is 12.9. The fourth-order valence-corrected chi connectivity index (χ4v) is 3.83. The minimum atomic E-state index is -0.416. The molecule has 0 spiro atoms. The number of rotatable bonds is 1. The monoisotopic (exact) mass is 399 g/mol. The minimum absolute atomic E-state index is 0.134. The quantitative estimate of drug-likeness (QED) is 0.260. The molecule has 4 rings (SSSR count). The Morgan fingerprint density at radius 1 is 1.11 bits per heavy atom. The number of thiol groups is 1. The van der Waals surface area contributed by atoms with E-state index < -0.39 is 5.82 Å². The van der Waals surface area contributed by atoms with Gasteiger partial charge in [0.1, 0.15) is 11.6 Å². The number of phenolic OH excluding ortho intramolecular Hbond substituents is 1. The molecule has 5 N–H and O–H groups in total. The zero-order chi connectivity index (χ0) is 19.6. The van der Waals surface area contributed by atoms with Crippen molar-refractivity contribution in [2.75, 3.05) is 11.5 Å². The predicted octanol–water partition coefficient (Wildman–Crippen LogP) is 5.26. The minimum Gasteiger partial charge on any atom is -0.508 e. The van der Waals surface area contributed by atoms with Crippen molar-refractivity contribution in [1.29, 1.82) is 0 Å². The first-order valence-corrected chi connectivity index (χ1v) is 9.35. The maximum Gasteiger partial charge on any atom is 0.153 e. The molecular weight excluding hydrogens is 381 g/mol. The van der Waals surface area contributed by atoms with Crippen molar-refractivity contribution < 1.29 is 9.50 Å². The number of hydrogen-bond donors (Lipinski definition) is 4. The van der Waals surface area contributed by atoms with Crippen molar-refractivity contribution in [3.8, 4) is 16.9 Å². The van der Waals surface area contributed by atoms with Crippen molar-refractivity contribution in [3.63, 3.8) is 0 Å². The molecule has 0 atom stereocenters. The topological polar surface area (TPSA) is 85.2 Å². The number of pyridine rings is 1. The average Bonchev–Trinajstić information content (AvgIpc) is 3.07. The number of anilines is 2. The van der Waals surface area contributed by atoms with Crippen LogP contribution in [0.25, 0.3) is 21.2 Å². The smallest absolute Gasteiger partial charge is 0.153 e. The third kappa shape index (κ3) is 3.99. The van der Waals surface area contributed by atoms with E-state index in [0.29, 0.717) is 17.1 Å². The number of nitrogens with zero attached hydrogens (tertiary/aromatic N) is 1. The van der Waals surface area contributed by atoms with Crippen LogP contribution >= 0.6 is 24.0 Å². The largest absolute Gasteiger partial charge is 0.508 e. The second-order valence-corrected chi connectivity index (χ2v) is 7.33. The van der Waals surface area contributed by atoms with Gasteiger partial charge in [0.2, 0.25) is 0 Å². The van der Waals surface area contributed by atoms with Gasteiger partial charge in [-0.05, 0) is 42.8 Å². The molecule has 0 saturated heterocycles. The van der Waals surface area contributed by atoms with E-state index >= 15 is 0 Å². The van der Waals surface area contributed by atoms with Crippen molar-refractivity contribution in [2.45, 2.75) is 11.8 Å². The molecule has 0 amide bonds. The van der Waals surface area contributed by atoms with E-state index in [1.807, 2.05) is 24.4 Å². The summed E-state index contributed by atoms with van der Waals surface area (Å²) in [6.07, 6.45) is 1.65. The first-order valence-electron chi connectivity index (χ1n) is 8.03. The van der Waals surface area contributed by atoms with Gasteiger partial charge in [0.05, 0.1) is 5.69 Å². The number of fused-ring (bicyclic) bond motifs is 1. The Labute approximate surface area is 165 Å². The maximum atomic E-state index is 14.0. The van der Waals surface area contributed by atoms with E-state index in [1.54, 1.807) is 30.5 Å². The third-order valence-corrected chi connectivity index (χ3v) is 5.24. The number of aromatic nitrogens is 1. The van der Waals surface area contributed by atoms with Crippen molar-refractivity contribution in [2.24, 2.45) is 0 Å². The van der Waals surface area contributed by atoms with Gasteiger partial charge in [0, 0.05) is 37.7 Å². The van der Waals surface area contributed by atoms with Gasteiger partial charge < -0.3 is 16.6 Å². The van der Waals surface area contributed by atoms with Crippen LogP contribution in [0.4, 0.5) is 15.9 Å². The summed E-state index contributed by atoms with van der Waals surface area (Å²) in [7, 11) is 0. The molecule has 2 aromatic carbocycles. The molecule has 7 heteroatoms. The van der Waals surface area contributed by atoms with Gasteiger partial charge in [-0.25, -0.2) is 9.37 Å². The molecule has 0 aliphatic rings. The standard InChI is InChI=1S/C13H10FN3S.C7H8OS/c14-12-7(2-1-3-9(12)15)8-6-18-10-4-5-17-13(16)11(8)10;1-5-4-6(9)2-3-7(5)8/h1-6H,15H2,(H2,16,17);2-4,8-9H,1H3. The number of phenols is 1. The van der Waals surface area contributed by atoms with Gasteiger partial charge >= 0.3 is 0 Å². The Hall–Kier alpha value is -2.77. The fraction of sp³-hybridized carbons (Fsp3) is 0.0500. The van der Waals surface area contributed by atoms with Crippen LogP contribution in [0.3, 0.4) is 0 Å². The number of nitrogens with two attached hydrogens (primary N) is 2. The van der Waals surface area contributed by atoms with Gasteiger partial charge in [0.15, 0.2) is 5.82 Å². The summed E-state index contributed by atoms with van der Waals surface area (Å²) in [6.45, 7) is 1.84. The highest BCUT2D eigenvalue weighted by Gasteiger charge is 2.14. The predicted molar refractivity (Wildman–Crippen MR) is 114 cm³/mol. The van der Waals surface area contributed by atoms with Crippen molar-refractivity contribution in [3.05, 3.63) is 65.4 Å². The summed E-state index contributed by atoms with van der Waals surface area (Å²) in [5, 5.41) is 11.7. The van der Waals surface area contributed by atoms with Crippen LogP contribution in [0, 0.1) is 12.7 Å². The molecule has 0 radical (unpaired) electrons. The zero-order valence-corrected chi connectivity index (χ0v) is 16.2. The molecule has 0 fully saturated rings. The highest BCUT2D eigenvalue weighted by molar-refractivity contribution is 7.80. The highest BCUT2D eigenvalue weighted by Crippen LogP contribution is 2.38. The number of nitrogen functional groups attached to an aromatic ring is 2. The Bertz CT molecular complexity index is 1110. The van der Waals surface area contributed by atoms with E-state index in [4.69, 9.17) is 16.6 Å². The zero-order valence-electron chi connectivity index (χ0n) is 14.5. The highest BCUT2D eigenvalue weighted by atomic mass is 32.1. The Kier molecular flexibility index (Phi) is 5.53. The Morgan fingerprint density at radius 3 is 2.59 bits per heavy atom. The molecule has 27 heavy (non-hydrogen) atoms. The van der Waals surface area contributed by atoms with Gasteiger partial charge in [-0.1, -0.05) is 12.1 Å². The van der Waals surface area contributed by atoms with E-state index in [9.17, 15) is 4.39 Å². The maximum absolute atomic E-state index is 14.0. The molecule has 0 aliphatic carbocycles. The number of benzene rings is 2. The summed E-state index contributed by atoms with van der Waals surface area (Å²) in [5.74, 6) is 0.318. The Morgan fingerprint density at radius 2 is 1.89 bits per heavy atom. The van der Waals surface area contributed by atoms with E-state index in [0.717, 1.165) is 26.1 Å². The number of aromatic hydroxyl groups is 1. The van der Waals surface area contributed by atoms with Crippen LogP contribution < -0.4 is 11.5 Å². The number of halogens is 1. The fourth-order valence-electron chi connectivity index (χ4n) is 2.61. The van der Waals surface area contributed by atoms with Crippen LogP contribution in [-0.2, 0) is 0 Å². The number of thiophene rings is 1. The summed E-state index contributed by atoms with van der Waals surface area (Å²) in [4.78, 5) is 4.93. The normalized spacial score (nSPS) is 10.5. The molecule has 0 bridgehead atoms. The van der Waals surface area contributed by atoms with Crippen LogP contribution in [-0.4, -0.2) is 10.1 Å². The van der Waals surface area contributed by atoms with E-state index in [1.165, 1.54) is 17.4 Å². The molecule has 4 nitrogen and oxygen atoms in total. The first kappa shape index (κ1) is 19.0. The van der Waals surface area contributed by atoms with Gasteiger partial charge in [-0.15, -0.1) is 24.0 Å². The number of aryl methyl sites for hydroxylation is 1. The van der Waals surface area contributed by atoms with Crippen molar-refractivity contribution >= 4 is 45.6 Å². The number of hydrogen-bond acceptors (Lipinski definition) is 6. The summed E-state index contributed by atoms with van der Waals surface area (Å²) in [6, 6.07) is 12.0. The van der Waals surface area contributed by atoms with Crippen LogP contribution in [0.5, 0.6) is 5.75 Å². The lowest BCUT2D eigenvalue weighted by atomic mass is 10.0. The summed E-state index contributed by atoms with van der Waals surface area (Å²) >= 11 is 5.60. The molecule has 0 aliphatic heterocycles. The lowest BCUT2D eigenvalue weighted by molar-refractivity contribution is 0.470. The van der Waals surface area contributed by atoms with E-state index in [-0.39, 0.29) is 5.69 Å². The molecule has 138 valence electrons. The van der Waals surface area contributed by atoms with Crippen LogP contribution in [0.15, 0.2) is 58.9 Å². The molecule has 4 aromatic rings. The molecular formula is C20H18FN3OS2. The summed E-state index contributed by atoms with van der Waals surface area (Å²) < 4.78 is 15.0. The van der Waals surface area contributed by atoms with Crippen LogP contribution in [0.2, 0.25) is 0 Å². The second-order valence-electron chi connectivity index (χ2n) is 5.90. The van der Waals surface area contributed by atoms with Gasteiger partial charge in [-0.3, -0.25) is 0 Å². The SMILES string of the molecule is Cc1cc(S)ccc1O.Nc1cccc(-c2csc3ccnc(N)c23)c1F. The summed E-state index contributed by atoms with van der Waals surface area (Å²) in [5.41, 5.74) is 13.7. The molecule has 2 aromatic heterocycles. The lowest BCUT2D eigenvalue weighted by Crippen LogP contribution is -1.94. The molecule has 0 saturated carbocycles. The van der Waals surface area contributed by atoms with E-state index in [2.05, 4.69) is 17.6 Å². The van der Waals surface area contributed by atoms with Crippen molar-refractivity contribution in [1.82, 2.24) is 4.98 Å².